The van der Waals surface area contributed by atoms with E-state index in [-0.39, 0.29) is 16.3 Å². The summed E-state index contributed by atoms with van der Waals surface area (Å²) < 4.78 is 45.8. The van der Waals surface area contributed by atoms with Crippen LogP contribution in [0, 0.1) is 5.92 Å². The van der Waals surface area contributed by atoms with E-state index in [1.165, 1.54) is 12.1 Å². The van der Waals surface area contributed by atoms with E-state index in [1.54, 1.807) is 48.5 Å². The number of halogens is 4. The third kappa shape index (κ3) is 5.61. The van der Waals surface area contributed by atoms with Gasteiger partial charge in [0.1, 0.15) is 11.0 Å². The molecular formula is C29H19BrF3N3O5S2. The lowest BCUT2D eigenvalue weighted by atomic mass is 9.82. The summed E-state index contributed by atoms with van der Waals surface area (Å²) in [4.78, 5) is 56.8. The summed E-state index contributed by atoms with van der Waals surface area (Å²) in [5, 5.41) is 2.06. The van der Waals surface area contributed by atoms with Crippen molar-refractivity contribution in [3.8, 4) is 5.75 Å². The van der Waals surface area contributed by atoms with Gasteiger partial charge in [-0.05, 0) is 48.5 Å². The average Bonchev–Trinajstić information content (AvgIpc) is 3.46. The number of ether oxygens (including phenoxy) is 1. The maximum atomic E-state index is 13.9. The van der Waals surface area contributed by atoms with Gasteiger partial charge in [0, 0.05) is 26.5 Å². The van der Waals surface area contributed by atoms with E-state index in [2.05, 4.69) is 26.2 Å². The minimum atomic E-state index is -4.57. The second kappa shape index (κ2) is 11.3. The number of amides is 3. The molecule has 220 valence electrons. The van der Waals surface area contributed by atoms with Gasteiger partial charge in [-0.2, -0.15) is 13.2 Å². The summed E-state index contributed by atoms with van der Waals surface area (Å²) in [5.74, 6) is -2.94. The number of alkyl halides is 3. The van der Waals surface area contributed by atoms with Gasteiger partial charge in [0.15, 0.2) is 6.61 Å². The number of benzene rings is 3. The Morgan fingerprint density at radius 2 is 1.74 bits per heavy atom. The molecule has 0 radical (unpaired) electrons. The van der Waals surface area contributed by atoms with Crippen molar-refractivity contribution in [2.75, 3.05) is 16.8 Å². The fourth-order valence-electron chi connectivity index (χ4n) is 5.18. The summed E-state index contributed by atoms with van der Waals surface area (Å²) >= 11 is 5.43. The van der Waals surface area contributed by atoms with Gasteiger partial charge in [-0.15, -0.1) is 0 Å². The Morgan fingerprint density at radius 3 is 2.49 bits per heavy atom. The van der Waals surface area contributed by atoms with Crippen LogP contribution >= 0.6 is 39.0 Å². The Kier molecular flexibility index (Phi) is 7.69. The third-order valence-electron chi connectivity index (χ3n) is 7.00. The Hall–Kier alpha value is -3.88. The van der Waals surface area contributed by atoms with Gasteiger partial charge in [-0.1, -0.05) is 63.3 Å². The van der Waals surface area contributed by atoms with Crippen LogP contribution in [0.3, 0.4) is 0 Å². The van der Waals surface area contributed by atoms with Crippen molar-refractivity contribution in [2.45, 2.75) is 22.4 Å². The van der Waals surface area contributed by atoms with Crippen molar-refractivity contribution < 1.29 is 32.3 Å². The number of rotatable bonds is 6. The van der Waals surface area contributed by atoms with E-state index in [1.807, 2.05) is 0 Å². The molecule has 3 heterocycles. The quantitative estimate of drug-likeness (QED) is 0.240. The van der Waals surface area contributed by atoms with E-state index in [9.17, 15) is 32.3 Å². The molecule has 0 aliphatic carbocycles. The van der Waals surface area contributed by atoms with Gasteiger partial charge in [0.2, 0.25) is 11.8 Å². The minimum absolute atomic E-state index is 0.0475. The number of hydrogen-bond donors (Lipinski definition) is 2. The van der Waals surface area contributed by atoms with Gasteiger partial charge in [0.05, 0.1) is 22.2 Å². The summed E-state index contributed by atoms with van der Waals surface area (Å²) in [7, 11) is 0. The van der Waals surface area contributed by atoms with Crippen LogP contribution in [0.15, 0.2) is 87.1 Å². The standard InChI is InChI=1S/C29H19BrF3N3O5S2/c30-15-8-10-17(11-9-15)36-26(38)22-21(23-25(35-28(40)43-23)42-24(22)27(36)39)18-6-1-2-7-19(18)41-13-20(37)34-16-5-3-4-14(12-16)29(31,32)33/h1-12,21-22,24H,13H2,(H,34,37)(H,35,40). The number of hydrogen-bond acceptors (Lipinski definition) is 7. The number of nitrogens with zero attached hydrogens (tertiary/aromatic N) is 1. The van der Waals surface area contributed by atoms with E-state index in [0.29, 0.717) is 21.2 Å². The van der Waals surface area contributed by atoms with E-state index < -0.39 is 53.2 Å². The summed E-state index contributed by atoms with van der Waals surface area (Å²) in [6, 6.07) is 17.7. The molecule has 2 aliphatic heterocycles. The molecule has 0 spiro atoms. The average molecular weight is 691 g/mol. The highest BCUT2D eigenvalue weighted by atomic mass is 79.9. The molecule has 43 heavy (non-hydrogen) atoms. The van der Waals surface area contributed by atoms with Crippen LogP contribution in [0.4, 0.5) is 24.5 Å². The molecule has 1 aromatic heterocycles. The molecule has 3 amide bonds. The van der Waals surface area contributed by atoms with Crippen LogP contribution in [-0.4, -0.2) is 34.6 Å². The number of thiazole rings is 1. The summed E-state index contributed by atoms with van der Waals surface area (Å²) in [5.41, 5.74) is -0.0520. The fraction of sp³-hybridized carbons (Fsp3) is 0.172. The fourth-order valence-corrected chi connectivity index (χ4v) is 7.95. The number of nitrogens with one attached hydrogen (secondary N) is 2. The van der Waals surface area contributed by atoms with Crippen LogP contribution in [0.25, 0.3) is 0 Å². The van der Waals surface area contributed by atoms with Crippen molar-refractivity contribution in [2.24, 2.45) is 5.92 Å². The Balaban J connectivity index is 1.30. The zero-order valence-electron chi connectivity index (χ0n) is 21.7. The molecule has 1 saturated heterocycles. The monoisotopic (exact) mass is 689 g/mol. The van der Waals surface area contributed by atoms with Gasteiger partial charge < -0.3 is 15.0 Å². The first-order chi connectivity index (χ1) is 20.5. The van der Waals surface area contributed by atoms with Crippen molar-refractivity contribution in [3.63, 3.8) is 0 Å². The molecule has 3 atom stereocenters. The number of aromatic nitrogens is 1. The van der Waals surface area contributed by atoms with Crippen LogP contribution in [-0.2, 0) is 20.6 Å². The topological polar surface area (TPSA) is 109 Å². The highest BCUT2D eigenvalue weighted by Gasteiger charge is 2.56. The van der Waals surface area contributed by atoms with Crippen molar-refractivity contribution >= 4 is 68.1 Å². The van der Waals surface area contributed by atoms with E-state index in [4.69, 9.17) is 4.74 Å². The minimum Gasteiger partial charge on any atom is -0.483 e. The first-order valence-electron chi connectivity index (χ1n) is 12.7. The number of fused-ring (bicyclic) bond motifs is 2. The number of carbonyl (C=O) groups excluding carboxylic acids is 3. The molecule has 3 unspecified atom stereocenters. The number of anilines is 2. The summed E-state index contributed by atoms with van der Waals surface area (Å²) in [6.07, 6.45) is -4.57. The zero-order valence-corrected chi connectivity index (χ0v) is 24.9. The Morgan fingerprint density at radius 1 is 1.00 bits per heavy atom. The van der Waals surface area contributed by atoms with Crippen LogP contribution < -0.4 is 19.8 Å². The lowest BCUT2D eigenvalue weighted by Crippen LogP contribution is -2.32. The number of thioether (sulfide) groups is 1. The molecule has 0 bridgehead atoms. The van der Waals surface area contributed by atoms with Gasteiger partial charge in [0.25, 0.3) is 5.91 Å². The largest absolute Gasteiger partial charge is 0.483 e. The molecule has 1 fully saturated rings. The van der Waals surface area contributed by atoms with Crippen molar-refractivity contribution in [3.05, 3.63) is 103 Å². The zero-order chi connectivity index (χ0) is 30.5. The van der Waals surface area contributed by atoms with Gasteiger partial charge in [-0.3, -0.25) is 19.2 Å². The molecule has 2 aliphatic rings. The molecule has 14 heteroatoms. The lowest BCUT2D eigenvalue weighted by molar-refractivity contribution is -0.137. The van der Waals surface area contributed by atoms with Crippen molar-refractivity contribution in [1.82, 2.24) is 4.98 Å². The SMILES string of the molecule is O=C(COc1ccccc1C1c2sc(=O)[nH]c2SC2C(=O)N(c3ccc(Br)cc3)C(=O)C21)Nc1cccc(C(F)(F)F)c1. The Labute approximate surface area is 258 Å². The van der Waals surface area contributed by atoms with Gasteiger partial charge in [-0.25, -0.2) is 4.90 Å². The Bertz CT molecular complexity index is 1810. The molecule has 4 aromatic rings. The van der Waals surface area contributed by atoms with E-state index in [0.717, 1.165) is 44.6 Å². The number of carbonyl (C=O) groups is 3. The number of H-pyrrole nitrogens is 1. The lowest BCUT2D eigenvalue weighted by Gasteiger charge is -2.30. The molecule has 8 nitrogen and oxygen atoms in total. The highest BCUT2D eigenvalue weighted by molar-refractivity contribution is 9.10. The second-order valence-electron chi connectivity index (χ2n) is 9.69. The maximum absolute atomic E-state index is 13.9. The molecule has 6 rings (SSSR count). The second-order valence-corrected chi connectivity index (χ2v) is 12.8. The normalized spacial score (nSPS) is 19.6. The molecule has 3 aromatic carbocycles. The molecule has 2 N–H and O–H groups in total. The van der Waals surface area contributed by atoms with E-state index >= 15 is 0 Å². The van der Waals surface area contributed by atoms with Crippen LogP contribution in [0.2, 0.25) is 0 Å². The molecule has 0 saturated carbocycles. The predicted molar refractivity (Wildman–Crippen MR) is 159 cm³/mol. The smallest absolute Gasteiger partial charge is 0.416 e. The number of aromatic amines is 1. The molecular weight excluding hydrogens is 671 g/mol. The third-order valence-corrected chi connectivity index (χ3v) is 9.93. The van der Waals surface area contributed by atoms with Crippen LogP contribution in [0.1, 0.15) is 21.9 Å². The van der Waals surface area contributed by atoms with Gasteiger partial charge >= 0.3 is 11.0 Å². The van der Waals surface area contributed by atoms with Crippen molar-refractivity contribution in [1.29, 1.82) is 0 Å². The van der Waals surface area contributed by atoms with Crippen LogP contribution in [0.5, 0.6) is 5.75 Å². The maximum Gasteiger partial charge on any atom is 0.416 e. The summed E-state index contributed by atoms with van der Waals surface area (Å²) in [6.45, 7) is -0.545. The number of para-hydroxylation sites is 1. The number of imide groups is 1. The first kappa shape index (κ1) is 29.2. The predicted octanol–water partition coefficient (Wildman–Crippen LogP) is 6.03. The first-order valence-corrected chi connectivity index (χ1v) is 15.2. The highest BCUT2D eigenvalue weighted by Crippen LogP contribution is 2.54.